The van der Waals surface area contributed by atoms with Crippen LogP contribution in [0.5, 0.6) is 0 Å². The molecule has 0 fully saturated rings. The highest BCUT2D eigenvalue weighted by Gasteiger charge is 2.09. The Hall–Kier alpha value is -0.800. The summed E-state index contributed by atoms with van der Waals surface area (Å²) in [5.74, 6) is 0.654. The van der Waals surface area contributed by atoms with Crippen LogP contribution in [0.3, 0.4) is 0 Å². The molecule has 10 heavy (non-hydrogen) atoms. The van der Waals surface area contributed by atoms with Crippen LogP contribution in [0.1, 0.15) is 17.4 Å². The molecule has 2 N–H and O–H groups in total. The van der Waals surface area contributed by atoms with Gasteiger partial charge in [0, 0.05) is 5.56 Å². The third kappa shape index (κ3) is 1.20. The molecule has 0 amide bonds. The normalized spacial score (nSPS) is 13.5. The fourth-order valence-corrected chi connectivity index (χ4v) is 0.839. The molecule has 3 nitrogen and oxygen atoms in total. The standard InChI is InChI=1S/C7H10O3/c1-5-6(2-3-10-5)7(9)4-8/h2-3,7-9H,4H2,1H3. The highest BCUT2D eigenvalue weighted by molar-refractivity contribution is 5.18. The van der Waals surface area contributed by atoms with Gasteiger partial charge >= 0.3 is 0 Å². The molecule has 0 aliphatic heterocycles. The summed E-state index contributed by atoms with van der Waals surface area (Å²) in [5, 5.41) is 17.6. The lowest BCUT2D eigenvalue weighted by Gasteiger charge is -2.03. The van der Waals surface area contributed by atoms with Crippen molar-refractivity contribution < 1.29 is 14.6 Å². The van der Waals surface area contributed by atoms with Gasteiger partial charge in [-0.15, -0.1) is 0 Å². The van der Waals surface area contributed by atoms with Crippen LogP contribution >= 0.6 is 0 Å². The van der Waals surface area contributed by atoms with Crippen molar-refractivity contribution >= 4 is 0 Å². The topological polar surface area (TPSA) is 53.6 Å². The van der Waals surface area contributed by atoms with Gasteiger partial charge in [0.1, 0.15) is 11.9 Å². The lowest BCUT2D eigenvalue weighted by Crippen LogP contribution is -2.01. The zero-order valence-corrected chi connectivity index (χ0v) is 5.74. The van der Waals surface area contributed by atoms with Gasteiger partial charge in [-0.05, 0) is 13.0 Å². The maximum atomic E-state index is 9.09. The average Bonchev–Trinajstić information content (AvgIpc) is 2.34. The quantitative estimate of drug-likeness (QED) is 0.636. The van der Waals surface area contributed by atoms with Crippen LogP contribution in [0.25, 0.3) is 0 Å². The van der Waals surface area contributed by atoms with Crippen molar-refractivity contribution in [2.45, 2.75) is 13.0 Å². The van der Waals surface area contributed by atoms with E-state index in [1.165, 1.54) is 6.26 Å². The monoisotopic (exact) mass is 142 g/mol. The van der Waals surface area contributed by atoms with E-state index in [0.29, 0.717) is 11.3 Å². The number of aryl methyl sites for hydroxylation is 1. The molecule has 1 unspecified atom stereocenters. The Kier molecular flexibility index (Phi) is 2.09. The minimum atomic E-state index is -0.807. The van der Waals surface area contributed by atoms with Gasteiger partial charge in [0.15, 0.2) is 0 Å². The Morgan fingerprint density at radius 3 is 2.80 bits per heavy atom. The molecule has 1 atom stereocenters. The van der Waals surface area contributed by atoms with Crippen molar-refractivity contribution in [3.8, 4) is 0 Å². The van der Waals surface area contributed by atoms with E-state index in [9.17, 15) is 0 Å². The van der Waals surface area contributed by atoms with Crippen LogP contribution in [0.15, 0.2) is 16.7 Å². The minimum Gasteiger partial charge on any atom is -0.469 e. The predicted octanol–water partition coefficient (Wildman–Crippen LogP) is 0.614. The molecule has 56 valence electrons. The Balaban J connectivity index is 2.82. The van der Waals surface area contributed by atoms with Crippen molar-refractivity contribution in [1.29, 1.82) is 0 Å². The first-order valence-electron chi connectivity index (χ1n) is 3.08. The summed E-state index contributed by atoms with van der Waals surface area (Å²) in [4.78, 5) is 0. The van der Waals surface area contributed by atoms with E-state index in [1.54, 1.807) is 13.0 Å². The summed E-state index contributed by atoms with van der Waals surface area (Å²) >= 11 is 0. The molecule has 0 aromatic carbocycles. The molecule has 1 aromatic heterocycles. The summed E-state index contributed by atoms with van der Waals surface area (Å²) in [5.41, 5.74) is 0.655. The van der Waals surface area contributed by atoms with Crippen LogP contribution < -0.4 is 0 Å². The lowest BCUT2D eigenvalue weighted by molar-refractivity contribution is 0.0944. The lowest BCUT2D eigenvalue weighted by atomic mass is 10.1. The molecular weight excluding hydrogens is 132 g/mol. The molecule has 0 bridgehead atoms. The molecular formula is C7H10O3. The van der Waals surface area contributed by atoms with E-state index in [1.807, 2.05) is 0 Å². The molecule has 1 aromatic rings. The Morgan fingerprint density at radius 1 is 1.70 bits per heavy atom. The summed E-state index contributed by atoms with van der Waals surface area (Å²) in [7, 11) is 0. The Bertz CT molecular complexity index is 204. The molecule has 0 saturated carbocycles. The van der Waals surface area contributed by atoms with Gasteiger partial charge in [-0.1, -0.05) is 0 Å². The van der Waals surface area contributed by atoms with E-state index in [0.717, 1.165) is 0 Å². The minimum absolute atomic E-state index is 0.264. The second-order valence-corrected chi connectivity index (χ2v) is 2.13. The van der Waals surface area contributed by atoms with E-state index < -0.39 is 6.10 Å². The maximum absolute atomic E-state index is 9.09. The first-order valence-corrected chi connectivity index (χ1v) is 3.08. The molecule has 3 heteroatoms. The fourth-order valence-electron chi connectivity index (χ4n) is 0.839. The summed E-state index contributed by atoms with van der Waals surface area (Å²) in [6.45, 7) is 1.48. The van der Waals surface area contributed by atoms with Gasteiger partial charge in [-0.25, -0.2) is 0 Å². The number of rotatable bonds is 2. The second kappa shape index (κ2) is 2.86. The molecule has 0 radical (unpaired) electrons. The van der Waals surface area contributed by atoms with Crippen molar-refractivity contribution in [3.63, 3.8) is 0 Å². The van der Waals surface area contributed by atoms with Crippen molar-refractivity contribution in [1.82, 2.24) is 0 Å². The van der Waals surface area contributed by atoms with Crippen molar-refractivity contribution in [2.75, 3.05) is 6.61 Å². The smallest absolute Gasteiger partial charge is 0.106 e. The van der Waals surface area contributed by atoms with E-state index in [2.05, 4.69) is 0 Å². The van der Waals surface area contributed by atoms with Gasteiger partial charge in [-0.3, -0.25) is 0 Å². The maximum Gasteiger partial charge on any atom is 0.106 e. The number of aliphatic hydroxyl groups is 2. The zero-order chi connectivity index (χ0) is 7.56. The number of hydrogen-bond donors (Lipinski definition) is 2. The van der Waals surface area contributed by atoms with Gasteiger partial charge in [0.25, 0.3) is 0 Å². The van der Waals surface area contributed by atoms with Crippen LogP contribution in [-0.4, -0.2) is 16.8 Å². The third-order valence-corrected chi connectivity index (χ3v) is 1.43. The van der Waals surface area contributed by atoms with E-state index in [-0.39, 0.29) is 6.61 Å². The van der Waals surface area contributed by atoms with E-state index >= 15 is 0 Å². The number of furan rings is 1. The summed E-state index contributed by atoms with van der Waals surface area (Å²) in [6, 6.07) is 1.65. The Morgan fingerprint density at radius 2 is 2.40 bits per heavy atom. The van der Waals surface area contributed by atoms with Crippen LogP contribution in [0.2, 0.25) is 0 Å². The average molecular weight is 142 g/mol. The first kappa shape index (κ1) is 7.31. The van der Waals surface area contributed by atoms with Gasteiger partial charge < -0.3 is 14.6 Å². The second-order valence-electron chi connectivity index (χ2n) is 2.13. The highest BCUT2D eigenvalue weighted by atomic mass is 16.3. The molecule has 0 aliphatic rings. The van der Waals surface area contributed by atoms with Gasteiger partial charge in [0.2, 0.25) is 0 Å². The molecule has 1 heterocycles. The Labute approximate surface area is 58.9 Å². The van der Waals surface area contributed by atoms with Crippen molar-refractivity contribution in [3.05, 3.63) is 23.7 Å². The van der Waals surface area contributed by atoms with Crippen LogP contribution in [-0.2, 0) is 0 Å². The SMILES string of the molecule is Cc1occc1C(O)CO. The fraction of sp³-hybridized carbons (Fsp3) is 0.429. The van der Waals surface area contributed by atoms with Crippen molar-refractivity contribution in [2.24, 2.45) is 0 Å². The molecule has 0 saturated heterocycles. The van der Waals surface area contributed by atoms with Crippen LogP contribution in [0.4, 0.5) is 0 Å². The molecule has 0 spiro atoms. The first-order chi connectivity index (χ1) is 4.75. The number of aliphatic hydroxyl groups excluding tert-OH is 2. The number of hydrogen-bond acceptors (Lipinski definition) is 3. The summed E-state index contributed by atoms with van der Waals surface area (Å²) in [6.07, 6.45) is 0.683. The third-order valence-electron chi connectivity index (χ3n) is 1.43. The van der Waals surface area contributed by atoms with Gasteiger partial charge in [0.05, 0.1) is 12.9 Å². The summed E-state index contributed by atoms with van der Waals surface area (Å²) < 4.78 is 4.92. The largest absolute Gasteiger partial charge is 0.469 e. The van der Waals surface area contributed by atoms with E-state index in [4.69, 9.17) is 14.6 Å². The predicted molar refractivity (Wildman–Crippen MR) is 35.5 cm³/mol. The highest BCUT2D eigenvalue weighted by Crippen LogP contribution is 2.17. The molecule has 0 aliphatic carbocycles. The molecule has 1 rings (SSSR count). The van der Waals surface area contributed by atoms with Gasteiger partial charge in [-0.2, -0.15) is 0 Å². The van der Waals surface area contributed by atoms with Crippen LogP contribution in [0, 0.1) is 6.92 Å². The zero-order valence-electron chi connectivity index (χ0n) is 5.74.